The van der Waals surface area contributed by atoms with Gasteiger partial charge in [-0.25, -0.2) is 12.7 Å². The molecule has 1 aliphatic heterocycles. The Morgan fingerprint density at radius 1 is 1.40 bits per heavy atom. The van der Waals surface area contributed by atoms with E-state index in [0.29, 0.717) is 25.6 Å². The van der Waals surface area contributed by atoms with Gasteiger partial charge in [0.15, 0.2) is 5.96 Å². The van der Waals surface area contributed by atoms with Crippen molar-refractivity contribution >= 4 is 16.0 Å². The summed E-state index contributed by atoms with van der Waals surface area (Å²) in [6.07, 6.45) is 6.91. The normalized spacial score (nSPS) is 21.3. The average molecular weight is 304 g/mol. The molecule has 6 nitrogen and oxygen atoms in total. The van der Waals surface area contributed by atoms with Crippen LogP contribution in [-0.2, 0) is 10.0 Å². The smallest absolute Gasteiger partial charge is 0.211 e. The molecule has 20 heavy (non-hydrogen) atoms. The molecule has 1 fully saturated rings. The molecule has 0 aromatic rings. The van der Waals surface area contributed by atoms with Crippen LogP contribution < -0.4 is 11.1 Å². The number of nitrogens with one attached hydrogen (secondary N) is 1. The minimum atomic E-state index is -3.06. The third-order valence-corrected chi connectivity index (χ3v) is 4.84. The van der Waals surface area contributed by atoms with Gasteiger partial charge in [-0.2, -0.15) is 0 Å². The van der Waals surface area contributed by atoms with Crippen LogP contribution in [0.3, 0.4) is 0 Å². The van der Waals surface area contributed by atoms with E-state index in [1.54, 1.807) is 0 Å². The number of unbranched alkanes of at least 4 members (excludes halogenated alkanes) is 3. The van der Waals surface area contributed by atoms with E-state index in [1.807, 2.05) is 0 Å². The van der Waals surface area contributed by atoms with Gasteiger partial charge >= 0.3 is 0 Å². The van der Waals surface area contributed by atoms with Crippen molar-refractivity contribution in [3.05, 3.63) is 0 Å². The lowest BCUT2D eigenvalue weighted by molar-refractivity contribution is 0.464. The van der Waals surface area contributed by atoms with E-state index in [2.05, 4.69) is 17.2 Å². The number of guanidine groups is 1. The molecule has 0 bridgehead atoms. The number of nitrogens with zero attached hydrogens (tertiary/aromatic N) is 2. The van der Waals surface area contributed by atoms with E-state index in [0.717, 1.165) is 19.4 Å². The largest absolute Gasteiger partial charge is 0.370 e. The zero-order valence-corrected chi connectivity index (χ0v) is 13.5. The third-order valence-electron chi connectivity index (χ3n) is 3.57. The van der Waals surface area contributed by atoms with Crippen LogP contribution in [0.5, 0.6) is 0 Å². The Morgan fingerprint density at radius 3 is 2.75 bits per heavy atom. The van der Waals surface area contributed by atoms with Gasteiger partial charge in [0.1, 0.15) is 0 Å². The van der Waals surface area contributed by atoms with Gasteiger partial charge in [-0.05, 0) is 18.8 Å². The van der Waals surface area contributed by atoms with Gasteiger partial charge in [0, 0.05) is 26.2 Å². The summed E-state index contributed by atoms with van der Waals surface area (Å²) >= 11 is 0. The van der Waals surface area contributed by atoms with Gasteiger partial charge in [0.05, 0.1) is 6.26 Å². The highest BCUT2D eigenvalue weighted by atomic mass is 32.2. The molecule has 0 aromatic heterocycles. The topological polar surface area (TPSA) is 87.8 Å². The predicted molar refractivity (Wildman–Crippen MR) is 83.2 cm³/mol. The minimum Gasteiger partial charge on any atom is -0.370 e. The lowest BCUT2D eigenvalue weighted by Crippen LogP contribution is -2.33. The molecule has 1 saturated heterocycles. The summed E-state index contributed by atoms with van der Waals surface area (Å²) in [5.41, 5.74) is 5.79. The number of hydrogen-bond acceptors (Lipinski definition) is 3. The third kappa shape index (κ3) is 6.56. The Balaban J connectivity index is 2.20. The van der Waals surface area contributed by atoms with Crippen molar-refractivity contribution in [2.45, 2.75) is 39.0 Å². The summed E-state index contributed by atoms with van der Waals surface area (Å²) in [4.78, 5) is 4.30. The number of nitrogens with two attached hydrogens (primary N) is 1. The summed E-state index contributed by atoms with van der Waals surface area (Å²) in [6.45, 7) is 4.80. The zero-order valence-electron chi connectivity index (χ0n) is 12.6. The fourth-order valence-corrected chi connectivity index (χ4v) is 3.22. The number of sulfonamides is 1. The van der Waals surface area contributed by atoms with E-state index in [-0.39, 0.29) is 5.92 Å². The Bertz CT molecular complexity index is 409. The summed E-state index contributed by atoms with van der Waals surface area (Å²) in [6, 6.07) is 0. The van der Waals surface area contributed by atoms with Crippen molar-refractivity contribution in [1.82, 2.24) is 9.62 Å². The van der Waals surface area contributed by atoms with Gasteiger partial charge in [-0.15, -0.1) is 0 Å². The molecule has 118 valence electrons. The molecule has 1 atom stereocenters. The molecule has 1 rings (SSSR count). The lowest BCUT2D eigenvalue weighted by Gasteiger charge is -2.12. The van der Waals surface area contributed by atoms with E-state index < -0.39 is 10.0 Å². The standard InChI is InChI=1S/C13H28N4O2S/c1-3-4-5-6-8-15-13(14)16-10-12-7-9-17(11-12)20(2,18)19/h12H,3-11H2,1-2H3,(H3,14,15,16). The summed E-state index contributed by atoms with van der Waals surface area (Å²) < 4.78 is 24.3. The Labute approximate surface area is 122 Å². The van der Waals surface area contributed by atoms with Gasteiger partial charge in [-0.3, -0.25) is 4.99 Å². The van der Waals surface area contributed by atoms with Crippen LogP contribution in [0.1, 0.15) is 39.0 Å². The minimum absolute atomic E-state index is 0.283. The quantitative estimate of drug-likeness (QED) is 0.393. The first kappa shape index (κ1) is 17.2. The molecule has 1 heterocycles. The second kappa shape index (κ2) is 8.46. The zero-order chi connectivity index (χ0) is 15.0. The van der Waals surface area contributed by atoms with Gasteiger partial charge in [0.25, 0.3) is 0 Å². The predicted octanol–water partition coefficient (Wildman–Crippen LogP) is 0.753. The van der Waals surface area contributed by atoms with Crippen molar-refractivity contribution in [2.24, 2.45) is 16.6 Å². The van der Waals surface area contributed by atoms with Crippen molar-refractivity contribution < 1.29 is 8.42 Å². The molecule has 3 N–H and O–H groups in total. The van der Waals surface area contributed by atoms with E-state index >= 15 is 0 Å². The highest BCUT2D eigenvalue weighted by Crippen LogP contribution is 2.18. The number of hydrogen-bond donors (Lipinski definition) is 2. The van der Waals surface area contributed by atoms with E-state index in [9.17, 15) is 8.42 Å². The molecule has 0 aromatic carbocycles. The molecular formula is C13H28N4O2S. The van der Waals surface area contributed by atoms with Crippen LogP contribution in [0.4, 0.5) is 0 Å². The van der Waals surface area contributed by atoms with Crippen LogP contribution in [0.15, 0.2) is 4.99 Å². The molecule has 1 aliphatic rings. The van der Waals surface area contributed by atoms with Gasteiger partial charge in [-0.1, -0.05) is 26.2 Å². The monoisotopic (exact) mass is 304 g/mol. The van der Waals surface area contributed by atoms with Crippen LogP contribution in [0.2, 0.25) is 0 Å². The average Bonchev–Trinajstić information content (AvgIpc) is 2.85. The molecule has 0 saturated carbocycles. The maximum atomic E-state index is 11.4. The first-order chi connectivity index (χ1) is 9.43. The van der Waals surface area contributed by atoms with E-state index in [1.165, 1.54) is 29.8 Å². The van der Waals surface area contributed by atoms with Crippen molar-refractivity contribution in [2.75, 3.05) is 32.4 Å². The molecule has 0 amide bonds. The maximum absolute atomic E-state index is 11.4. The van der Waals surface area contributed by atoms with Crippen LogP contribution in [0.25, 0.3) is 0 Å². The first-order valence-corrected chi connectivity index (χ1v) is 9.27. The Kier molecular flexibility index (Phi) is 7.29. The fraction of sp³-hybridized carbons (Fsp3) is 0.923. The maximum Gasteiger partial charge on any atom is 0.211 e. The van der Waals surface area contributed by atoms with Crippen LogP contribution in [-0.4, -0.2) is 51.1 Å². The summed E-state index contributed by atoms with van der Waals surface area (Å²) in [7, 11) is -3.06. The van der Waals surface area contributed by atoms with Gasteiger partial charge < -0.3 is 11.1 Å². The highest BCUT2D eigenvalue weighted by molar-refractivity contribution is 7.88. The lowest BCUT2D eigenvalue weighted by atomic mass is 10.1. The number of rotatable bonds is 8. The second-order valence-corrected chi connectivity index (χ2v) is 7.47. The Morgan fingerprint density at radius 2 is 2.15 bits per heavy atom. The number of aliphatic imine (C=N–C) groups is 1. The van der Waals surface area contributed by atoms with Crippen molar-refractivity contribution in [3.8, 4) is 0 Å². The first-order valence-electron chi connectivity index (χ1n) is 7.42. The fourth-order valence-electron chi connectivity index (χ4n) is 2.30. The molecule has 0 spiro atoms. The molecule has 7 heteroatoms. The van der Waals surface area contributed by atoms with Gasteiger partial charge in [0.2, 0.25) is 10.0 Å². The SMILES string of the molecule is CCCCCCNC(N)=NCC1CCN(S(C)(=O)=O)C1. The van der Waals surface area contributed by atoms with Crippen molar-refractivity contribution in [1.29, 1.82) is 0 Å². The molecule has 0 aliphatic carbocycles. The van der Waals surface area contributed by atoms with E-state index in [4.69, 9.17) is 5.73 Å². The Hall–Kier alpha value is -0.820. The molecular weight excluding hydrogens is 276 g/mol. The van der Waals surface area contributed by atoms with Crippen LogP contribution >= 0.6 is 0 Å². The van der Waals surface area contributed by atoms with Crippen LogP contribution in [0, 0.1) is 5.92 Å². The van der Waals surface area contributed by atoms with Crippen molar-refractivity contribution in [3.63, 3.8) is 0 Å². The summed E-state index contributed by atoms with van der Waals surface area (Å²) in [5, 5.41) is 3.10. The second-order valence-electron chi connectivity index (χ2n) is 5.49. The summed E-state index contributed by atoms with van der Waals surface area (Å²) in [5.74, 6) is 0.754. The molecule has 0 radical (unpaired) electrons. The highest BCUT2D eigenvalue weighted by Gasteiger charge is 2.28. The molecule has 1 unspecified atom stereocenters.